The molecule has 0 unspecified atom stereocenters. The highest BCUT2D eigenvalue weighted by molar-refractivity contribution is 6.32. The largest absolute Gasteiger partial charge is 0.507 e. The van der Waals surface area contributed by atoms with Crippen molar-refractivity contribution in [3.8, 4) is 11.5 Å². The van der Waals surface area contributed by atoms with Crippen LogP contribution in [0.25, 0.3) is 10.8 Å². The molecule has 0 saturated heterocycles. The summed E-state index contributed by atoms with van der Waals surface area (Å²) in [6.07, 6.45) is 0. The minimum atomic E-state index is -0.641. The molecule has 134 valence electrons. The first-order valence-electron chi connectivity index (χ1n) is 8.15. The van der Waals surface area contributed by atoms with Gasteiger partial charge in [0.15, 0.2) is 5.78 Å². The summed E-state index contributed by atoms with van der Waals surface area (Å²) in [6.45, 7) is 1.71. The Morgan fingerprint density at radius 1 is 0.926 bits per heavy atom. The molecular formula is C21H14O6. The SMILES string of the molecule is COC(=O)c1c(C)ccc2c(O)c3c(cc12)C(=O)c1cccc(O)c1C3=O. The van der Waals surface area contributed by atoms with E-state index in [1.807, 2.05) is 0 Å². The standard InChI is InChI=1S/C21H14O6/c1-9-6-7-10-12(15(9)21(26)27-2)8-13-17(19(10)24)20(25)16-11(18(13)23)4-3-5-14(16)22/h3-8,22,24H,1-2H3. The normalized spacial score (nSPS) is 12.7. The summed E-state index contributed by atoms with van der Waals surface area (Å²) in [7, 11) is 1.24. The highest BCUT2D eigenvalue weighted by atomic mass is 16.5. The van der Waals surface area contributed by atoms with E-state index in [1.54, 1.807) is 19.1 Å². The zero-order valence-electron chi connectivity index (χ0n) is 14.5. The van der Waals surface area contributed by atoms with Gasteiger partial charge in [0.2, 0.25) is 5.78 Å². The van der Waals surface area contributed by atoms with Crippen LogP contribution in [0.3, 0.4) is 0 Å². The van der Waals surface area contributed by atoms with Crippen LogP contribution in [0.4, 0.5) is 0 Å². The summed E-state index contributed by atoms with van der Waals surface area (Å²) in [4.78, 5) is 38.1. The zero-order valence-corrected chi connectivity index (χ0v) is 14.5. The van der Waals surface area contributed by atoms with Crippen molar-refractivity contribution in [1.82, 2.24) is 0 Å². The van der Waals surface area contributed by atoms with E-state index in [0.29, 0.717) is 10.9 Å². The maximum absolute atomic E-state index is 12.9. The Bertz CT molecular complexity index is 1190. The summed E-state index contributed by atoms with van der Waals surface area (Å²) in [5, 5.41) is 21.4. The van der Waals surface area contributed by atoms with Crippen LogP contribution in [0, 0.1) is 6.92 Å². The Hall–Kier alpha value is -3.67. The van der Waals surface area contributed by atoms with Gasteiger partial charge in [-0.15, -0.1) is 0 Å². The number of rotatable bonds is 1. The molecule has 0 bridgehead atoms. The topological polar surface area (TPSA) is 101 Å². The Balaban J connectivity index is 2.13. The molecule has 2 N–H and O–H groups in total. The van der Waals surface area contributed by atoms with Crippen molar-refractivity contribution >= 4 is 28.3 Å². The minimum Gasteiger partial charge on any atom is -0.507 e. The molecule has 6 heteroatoms. The van der Waals surface area contributed by atoms with Gasteiger partial charge in [-0.25, -0.2) is 4.79 Å². The van der Waals surface area contributed by atoms with Gasteiger partial charge >= 0.3 is 5.97 Å². The van der Waals surface area contributed by atoms with Gasteiger partial charge in [-0.3, -0.25) is 9.59 Å². The highest BCUT2D eigenvalue weighted by Crippen LogP contribution is 2.41. The number of fused-ring (bicyclic) bond motifs is 3. The quantitative estimate of drug-likeness (QED) is 0.505. The first kappa shape index (κ1) is 16.8. The Kier molecular flexibility index (Phi) is 3.52. The number of hydrogen-bond donors (Lipinski definition) is 2. The average molecular weight is 362 g/mol. The van der Waals surface area contributed by atoms with Crippen LogP contribution in [0.2, 0.25) is 0 Å². The lowest BCUT2D eigenvalue weighted by atomic mass is 9.81. The van der Waals surface area contributed by atoms with Crippen molar-refractivity contribution in [3.63, 3.8) is 0 Å². The van der Waals surface area contributed by atoms with Crippen molar-refractivity contribution in [3.05, 3.63) is 69.8 Å². The van der Waals surface area contributed by atoms with Crippen LogP contribution in [0.1, 0.15) is 47.8 Å². The van der Waals surface area contributed by atoms with E-state index in [2.05, 4.69) is 0 Å². The van der Waals surface area contributed by atoms with Crippen molar-refractivity contribution in [2.45, 2.75) is 6.92 Å². The molecular weight excluding hydrogens is 348 g/mol. The first-order valence-corrected chi connectivity index (χ1v) is 8.15. The van der Waals surface area contributed by atoms with Gasteiger partial charge in [0.05, 0.1) is 23.8 Å². The van der Waals surface area contributed by atoms with Crippen LogP contribution >= 0.6 is 0 Å². The number of hydrogen-bond acceptors (Lipinski definition) is 6. The number of phenols is 2. The van der Waals surface area contributed by atoms with E-state index in [1.165, 1.54) is 31.4 Å². The molecule has 1 aliphatic carbocycles. The molecule has 0 fully saturated rings. The number of esters is 1. The second-order valence-electron chi connectivity index (χ2n) is 6.35. The van der Waals surface area contributed by atoms with Gasteiger partial charge in [0, 0.05) is 21.9 Å². The van der Waals surface area contributed by atoms with Crippen LogP contribution in [-0.4, -0.2) is 34.9 Å². The van der Waals surface area contributed by atoms with Crippen LogP contribution in [-0.2, 0) is 4.74 Å². The molecule has 0 aromatic heterocycles. The molecule has 3 aromatic rings. The maximum Gasteiger partial charge on any atom is 0.338 e. The van der Waals surface area contributed by atoms with E-state index in [9.17, 15) is 24.6 Å². The van der Waals surface area contributed by atoms with Gasteiger partial charge in [-0.2, -0.15) is 0 Å². The molecule has 0 spiro atoms. The molecule has 0 heterocycles. The number of methoxy groups -OCH3 is 1. The number of ether oxygens (including phenoxy) is 1. The average Bonchev–Trinajstić information content (AvgIpc) is 2.65. The summed E-state index contributed by atoms with van der Waals surface area (Å²) in [5.74, 6) is -2.48. The van der Waals surface area contributed by atoms with E-state index in [-0.39, 0.29) is 39.0 Å². The lowest BCUT2D eigenvalue weighted by molar-refractivity contribution is 0.0602. The predicted octanol–water partition coefficient (Wildman–Crippen LogP) is 3.12. The van der Waals surface area contributed by atoms with E-state index >= 15 is 0 Å². The number of phenolic OH excluding ortho intramolecular Hbond substituents is 2. The van der Waals surface area contributed by atoms with Crippen molar-refractivity contribution in [2.75, 3.05) is 7.11 Å². The molecule has 0 saturated carbocycles. The molecule has 3 aromatic carbocycles. The Morgan fingerprint density at radius 2 is 1.67 bits per heavy atom. The fraction of sp³-hybridized carbons (Fsp3) is 0.0952. The van der Waals surface area contributed by atoms with E-state index in [4.69, 9.17) is 4.74 Å². The number of benzene rings is 3. The highest BCUT2D eigenvalue weighted by Gasteiger charge is 2.35. The van der Waals surface area contributed by atoms with Gasteiger partial charge in [0.25, 0.3) is 0 Å². The second-order valence-corrected chi connectivity index (χ2v) is 6.35. The maximum atomic E-state index is 12.9. The number of carbonyl (C=O) groups excluding carboxylic acids is 3. The van der Waals surface area contributed by atoms with Crippen LogP contribution in [0.5, 0.6) is 11.5 Å². The summed E-state index contributed by atoms with van der Waals surface area (Å²) in [5.41, 5.74) is 0.555. The number of ketones is 2. The number of aromatic hydroxyl groups is 2. The zero-order chi connectivity index (χ0) is 19.5. The van der Waals surface area contributed by atoms with Gasteiger partial charge in [-0.1, -0.05) is 24.3 Å². The lowest BCUT2D eigenvalue weighted by Gasteiger charge is -2.21. The predicted molar refractivity (Wildman–Crippen MR) is 96.7 cm³/mol. The Labute approximate surface area is 153 Å². The summed E-state index contributed by atoms with van der Waals surface area (Å²) < 4.78 is 4.82. The van der Waals surface area contributed by atoms with Gasteiger partial charge in [-0.05, 0) is 24.6 Å². The smallest absolute Gasteiger partial charge is 0.338 e. The van der Waals surface area contributed by atoms with Crippen LogP contribution < -0.4 is 0 Å². The third-order valence-electron chi connectivity index (χ3n) is 4.88. The second kappa shape index (κ2) is 5.67. The van der Waals surface area contributed by atoms with Crippen molar-refractivity contribution < 1.29 is 29.3 Å². The van der Waals surface area contributed by atoms with Gasteiger partial charge < -0.3 is 14.9 Å². The van der Waals surface area contributed by atoms with Crippen molar-refractivity contribution in [1.29, 1.82) is 0 Å². The molecule has 0 atom stereocenters. The summed E-state index contributed by atoms with van der Waals surface area (Å²) >= 11 is 0. The molecule has 6 nitrogen and oxygen atoms in total. The number of carbonyl (C=O) groups is 3. The van der Waals surface area contributed by atoms with Crippen molar-refractivity contribution in [2.24, 2.45) is 0 Å². The third kappa shape index (κ3) is 2.16. The van der Waals surface area contributed by atoms with E-state index < -0.39 is 23.3 Å². The lowest BCUT2D eigenvalue weighted by Crippen LogP contribution is -2.21. The molecule has 0 amide bonds. The molecule has 27 heavy (non-hydrogen) atoms. The third-order valence-corrected chi connectivity index (χ3v) is 4.88. The van der Waals surface area contributed by atoms with Gasteiger partial charge in [0.1, 0.15) is 11.5 Å². The van der Waals surface area contributed by atoms with Crippen LogP contribution in [0.15, 0.2) is 36.4 Å². The summed E-state index contributed by atoms with van der Waals surface area (Å²) in [6, 6.07) is 8.85. The minimum absolute atomic E-state index is 0.0150. The monoisotopic (exact) mass is 362 g/mol. The molecule has 1 aliphatic rings. The fourth-order valence-electron chi connectivity index (χ4n) is 3.58. The Morgan fingerprint density at radius 3 is 2.37 bits per heavy atom. The molecule has 0 aliphatic heterocycles. The molecule has 0 radical (unpaired) electrons. The first-order chi connectivity index (χ1) is 12.9. The van der Waals surface area contributed by atoms with E-state index in [0.717, 1.165) is 0 Å². The number of aryl methyl sites for hydroxylation is 1. The molecule has 4 rings (SSSR count). The fourth-order valence-corrected chi connectivity index (χ4v) is 3.58.